The Labute approximate surface area is 183 Å². The van der Waals surface area contributed by atoms with Gasteiger partial charge < -0.3 is 24.8 Å². The molecular weight excluding hydrogens is 404 g/mol. The predicted molar refractivity (Wildman–Crippen MR) is 121 cm³/mol. The predicted octanol–water partition coefficient (Wildman–Crippen LogP) is 4.58. The SMILES string of the molecule is COc1cc(CNCCCOC(C)C)cc(Cl)c1OCC(=O)Nc1ccc(C)cc1. The van der Waals surface area contributed by atoms with E-state index >= 15 is 0 Å². The zero-order valence-electron chi connectivity index (χ0n) is 18.1. The Morgan fingerprint density at radius 2 is 1.90 bits per heavy atom. The number of nitrogens with one attached hydrogen (secondary N) is 2. The highest BCUT2D eigenvalue weighted by Crippen LogP contribution is 2.36. The second-order valence-electron chi connectivity index (χ2n) is 7.26. The van der Waals surface area contributed by atoms with Crippen molar-refractivity contribution < 1.29 is 19.0 Å². The number of aryl methyl sites for hydroxylation is 1. The first-order valence-electron chi connectivity index (χ1n) is 10.1. The van der Waals surface area contributed by atoms with E-state index in [2.05, 4.69) is 10.6 Å². The first-order valence-corrected chi connectivity index (χ1v) is 10.4. The summed E-state index contributed by atoms with van der Waals surface area (Å²) in [4.78, 5) is 12.2. The van der Waals surface area contributed by atoms with Crippen molar-refractivity contribution in [2.24, 2.45) is 0 Å². The molecule has 0 spiro atoms. The lowest BCUT2D eigenvalue weighted by Gasteiger charge is -2.15. The van der Waals surface area contributed by atoms with Crippen molar-refractivity contribution >= 4 is 23.2 Å². The molecule has 164 valence electrons. The molecule has 1 amide bonds. The number of carbonyl (C=O) groups is 1. The standard InChI is InChI=1S/C23H31ClN2O4/c1-16(2)29-11-5-10-25-14-18-12-20(24)23(21(13-18)28-4)30-15-22(27)26-19-8-6-17(3)7-9-19/h6-9,12-13,16,25H,5,10-11,14-15H2,1-4H3,(H,26,27). The fourth-order valence-corrected chi connectivity index (χ4v) is 3.02. The summed E-state index contributed by atoms with van der Waals surface area (Å²) in [5, 5.41) is 6.55. The quantitative estimate of drug-likeness (QED) is 0.478. The monoisotopic (exact) mass is 434 g/mol. The summed E-state index contributed by atoms with van der Waals surface area (Å²) in [5.74, 6) is 0.573. The Morgan fingerprint density at radius 3 is 2.57 bits per heavy atom. The molecule has 7 heteroatoms. The third-order valence-electron chi connectivity index (χ3n) is 4.25. The first-order chi connectivity index (χ1) is 14.4. The average Bonchev–Trinajstić information content (AvgIpc) is 2.70. The summed E-state index contributed by atoms with van der Waals surface area (Å²) < 4.78 is 16.6. The first kappa shape index (κ1) is 24.0. The average molecular weight is 435 g/mol. The Bertz CT molecular complexity index is 810. The molecule has 0 atom stereocenters. The van der Waals surface area contributed by atoms with E-state index < -0.39 is 0 Å². The molecular formula is C23H31ClN2O4. The van der Waals surface area contributed by atoms with Gasteiger partial charge in [0.05, 0.1) is 18.2 Å². The highest BCUT2D eigenvalue weighted by Gasteiger charge is 2.14. The van der Waals surface area contributed by atoms with Crippen molar-refractivity contribution in [2.75, 3.05) is 32.2 Å². The molecule has 6 nitrogen and oxygen atoms in total. The van der Waals surface area contributed by atoms with Gasteiger partial charge in [0.1, 0.15) is 0 Å². The summed E-state index contributed by atoms with van der Waals surface area (Å²) in [5.41, 5.74) is 2.81. The summed E-state index contributed by atoms with van der Waals surface area (Å²) in [6.07, 6.45) is 1.18. The Balaban J connectivity index is 1.86. The van der Waals surface area contributed by atoms with Crippen LogP contribution in [-0.2, 0) is 16.1 Å². The van der Waals surface area contributed by atoms with Gasteiger partial charge in [0.15, 0.2) is 18.1 Å². The molecule has 0 fully saturated rings. The minimum atomic E-state index is -0.272. The van der Waals surface area contributed by atoms with E-state index in [1.54, 1.807) is 7.11 Å². The van der Waals surface area contributed by atoms with Crippen LogP contribution in [0, 0.1) is 6.92 Å². The molecule has 2 aromatic carbocycles. The minimum Gasteiger partial charge on any atom is -0.493 e. The second-order valence-corrected chi connectivity index (χ2v) is 7.67. The normalized spacial score (nSPS) is 10.9. The molecule has 0 unspecified atom stereocenters. The molecule has 0 aromatic heterocycles. The molecule has 2 rings (SSSR count). The van der Waals surface area contributed by atoms with Gasteiger partial charge in [0, 0.05) is 18.8 Å². The molecule has 0 aliphatic carbocycles. The van der Waals surface area contributed by atoms with E-state index in [1.165, 1.54) is 0 Å². The molecule has 0 heterocycles. The zero-order chi connectivity index (χ0) is 21.9. The van der Waals surface area contributed by atoms with E-state index in [0.29, 0.717) is 28.8 Å². The maximum Gasteiger partial charge on any atom is 0.262 e. The maximum absolute atomic E-state index is 12.2. The number of ether oxygens (including phenoxy) is 3. The molecule has 0 saturated heterocycles. The maximum atomic E-state index is 12.2. The summed E-state index contributed by atoms with van der Waals surface area (Å²) in [6.45, 7) is 8.08. The number of methoxy groups -OCH3 is 1. The fraction of sp³-hybridized carbons (Fsp3) is 0.435. The van der Waals surface area contributed by atoms with Crippen LogP contribution in [0.2, 0.25) is 5.02 Å². The second kappa shape index (κ2) is 12.4. The van der Waals surface area contributed by atoms with Gasteiger partial charge in [0.2, 0.25) is 0 Å². The van der Waals surface area contributed by atoms with Gasteiger partial charge in [-0.2, -0.15) is 0 Å². The third-order valence-corrected chi connectivity index (χ3v) is 4.53. The summed E-state index contributed by atoms with van der Waals surface area (Å²) in [6, 6.07) is 11.2. The Hall–Kier alpha value is -2.28. The van der Waals surface area contributed by atoms with E-state index in [-0.39, 0.29) is 18.6 Å². The highest BCUT2D eigenvalue weighted by molar-refractivity contribution is 6.32. The number of rotatable bonds is 12. The Kier molecular flexibility index (Phi) is 9.94. The number of halogens is 1. The van der Waals surface area contributed by atoms with Crippen molar-refractivity contribution in [3.8, 4) is 11.5 Å². The van der Waals surface area contributed by atoms with Crippen molar-refractivity contribution in [2.45, 2.75) is 39.8 Å². The number of hydrogen-bond donors (Lipinski definition) is 2. The van der Waals surface area contributed by atoms with Crippen LogP contribution in [0.15, 0.2) is 36.4 Å². The van der Waals surface area contributed by atoms with Gasteiger partial charge in [0.25, 0.3) is 5.91 Å². The van der Waals surface area contributed by atoms with Crippen LogP contribution >= 0.6 is 11.6 Å². The third kappa shape index (κ3) is 8.22. The van der Waals surface area contributed by atoms with Gasteiger partial charge in [-0.1, -0.05) is 29.3 Å². The van der Waals surface area contributed by atoms with Crippen LogP contribution in [0.3, 0.4) is 0 Å². The summed E-state index contributed by atoms with van der Waals surface area (Å²) >= 11 is 6.39. The topological polar surface area (TPSA) is 68.8 Å². The van der Waals surface area contributed by atoms with Crippen molar-refractivity contribution in [3.63, 3.8) is 0 Å². The number of carbonyl (C=O) groups excluding carboxylic acids is 1. The van der Waals surface area contributed by atoms with Crippen LogP contribution in [0.1, 0.15) is 31.4 Å². The van der Waals surface area contributed by atoms with Crippen LogP contribution in [0.25, 0.3) is 0 Å². The van der Waals surface area contributed by atoms with Crippen molar-refractivity contribution in [1.29, 1.82) is 0 Å². The van der Waals surface area contributed by atoms with Crippen LogP contribution in [-0.4, -0.2) is 38.9 Å². The molecule has 0 aliphatic heterocycles. The zero-order valence-corrected chi connectivity index (χ0v) is 18.8. The number of hydrogen-bond acceptors (Lipinski definition) is 5. The van der Waals surface area contributed by atoms with Gasteiger partial charge >= 0.3 is 0 Å². The van der Waals surface area contributed by atoms with E-state index in [9.17, 15) is 4.79 Å². The van der Waals surface area contributed by atoms with Crippen LogP contribution in [0.4, 0.5) is 5.69 Å². The lowest BCUT2D eigenvalue weighted by molar-refractivity contribution is -0.118. The molecule has 0 radical (unpaired) electrons. The van der Waals surface area contributed by atoms with Gasteiger partial charge in [-0.25, -0.2) is 0 Å². The molecule has 0 bridgehead atoms. The van der Waals surface area contributed by atoms with Crippen LogP contribution in [0.5, 0.6) is 11.5 Å². The molecule has 2 N–H and O–H groups in total. The number of anilines is 1. The number of benzene rings is 2. The molecule has 30 heavy (non-hydrogen) atoms. The van der Waals surface area contributed by atoms with Gasteiger partial charge in [-0.15, -0.1) is 0 Å². The smallest absolute Gasteiger partial charge is 0.262 e. The lowest BCUT2D eigenvalue weighted by Crippen LogP contribution is -2.20. The fourth-order valence-electron chi connectivity index (χ4n) is 2.74. The Morgan fingerprint density at radius 1 is 1.17 bits per heavy atom. The van der Waals surface area contributed by atoms with Crippen molar-refractivity contribution in [1.82, 2.24) is 5.32 Å². The molecule has 2 aromatic rings. The van der Waals surface area contributed by atoms with E-state index in [4.69, 9.17) is 25.8 Å². The summed E-state index contributed by atoms with van der Waals surface area (Å²) in [7, 11) is 1.55. The minimum absolute atomic E-state index is 0.169. The molecule has 0 aliphatic rings. The number of amides is 1. The van der Waals surface area contributed by atoms with Gasteiger partial charge in [-0.3, -0.25) is 4.79 Å². The molecule has 0 saturated carbocycles. The lowest BCUT2D eigenvalue weighted by atomic mass is 10.2. The largest absolute Gasteiger partial charge is 0.493 e. The van der Waals surface area contributed by atoms with E-state index in [0.717, 1.165) is 30.7 Å². The van der Waals surface area contributed by atoms with E-state index in [1.807, 2.05) is 57.2 Å². The van der Waals surface area contributed by atoms with Crippen LogP contribution < -0.4 is 20.1 Å². The van der Waals surface area contributed by atoms with Gasteiger partial charge in [-0.05, 0) is 63.6 Å². The highest BCUT2D eigenvalue weighted by atomic mass is 35.5. The van der Waals surface area contributed by atoms with Crippen molar-refractivity contribution in [3.05, 3.63) is 52.5 Å².